The summed E-state index contributed by atoms with van der Waals surface area (Å²) >= 11 is 0. The van der Waals surface area contributed by atoms with Crippen LogP contribution in [0.5, 0.6) is 11.5 Å². The number of rotatable bonds is 2. The molecule has 1 atom stereocenters. The quantitative estimate of drug-likeness (QED) is 0.661. The SMILES string of the molecule is NC1=NC2(CO1)c1cc(-c3cccnc3)ccc1Oc1cnc(N3CCC(F)(F)C3)cc12. The third-order valence-electron chi connectivity index (χ3n) is 6.16. The van der Waals surface area contributed by atoms with E-state index in [0.717, 1.165) is 16.7 Å². The number of aromatic nitrogens is 2. The second-order valence-corrected chi connectivity index (χ2v) is 8.22. The Morgan fingerprint density at radius 1 is 1.03 bits per heavy atom. The summed E-state index contributed by atoms with van der Waals surface area (Å²) in [6, 6.07) is 11.5. The van der Waals surface area contributed by atoms with Crippen LogP contribution in [0.15, 0.2) is 60.0 Å². The van der Waals surface area contributed by atoms with Crippen LogP contribution in [-0.4, -0.2) is 41.6 Å². The van der Waals surface area contributed by atoms with Crippen LogP contribution in [0.4, 0.5) is 14.6 Å². The zero-order valence-corrected chi connectivity index (χ0v) is 17.0. The van der Waals surface area contributed by atoms with E-state index in [9.17, 15) is 8.78 Å². The monoisotopic (exact) mass is 435 g/mol. The number of pyridine rings is 2. The molecule has 32 heavy (non-hydrogen) atoms. The van der Waals surface area contributed by atoms with Gasteiger partial charge in [-0.1, -0.05) is 12.1 Å². The highest BCUT2D eigenvalue weighted by atomic mass is 19.3. The zero-order valence-electron chi connectivity index (χ0n) is 17.0. The van der Waals surface area contributed by atoms with Gasteiger partial charge in [-0.25, -0.2) is 18.8 Å². The lowest BCUT2D eigenvalue weighted by atomic mass is 9.81. The molecule has 2 N–H and O–H groups in total. The fourth-order valence-electron chi connectivity index (χ4n) is 4.57. The second-order valence-electron chi connectivity index (χ2n) is 8.22. The third kappa shape index (κ3) is 2.88. The number of nitrogens with two attached hydrogens (primary N) is 1. The lowest BCUT2D eigenvalue weighted by Gasteiger charge is -2.34. The van der Waals surface area contributed by atoms with Crippen LogP contribution >= 0.6 is 0 Å². The van der Waals surface area contributed by atoms with Gasteiger partial charge in [0, 0.05) is 42.0 Å². The van der Waals surface area contributed by atoms with E-state index in [4.69, 9.17) is 15.2 Å². The molecule has 7 nitrogen and oxygen atoms in total. The van der Waals surface area contributed by atoms with Crippen LogP contribution in [-0.2, 0) is 10.3 Å². The first kappa shape index (κ1) is 19.0. The van der Waals surface area contributed by atoms with Crippen molar-refractivity contribution in [2.45, 2.75) is 17.9 Å². The molecule has 6 rings (SSSR count). The van der Waals surface area contributed by atoms with Crippen LogP contribution in [0.1, 0.15) is 17.5 Å². The van der Waals surface area contributed by atoms with E-state index in [1.807, 2.05) is 30.3 Å². The molecule has 0 amide bonds. The number of amidine groups is 1. The van der Waals surface area contributed by atoms with Crippen molar-refractivity contribution in [1.29, 1.82) is 0 Å². The van der Waals surface area contributed by atoms with Crippen molar-refractivity contribution < 1.29 is 18.3 Å². The van der Waals surface area contributed by atoms with Crippen LogP contribution in [0.3, 0.4) is 0 Å². The van der Waals surface area contributed by atoms with Gasteiger partial charge in [0.25, 0.3) is 11.9 Å². The van der Waals surface area contributed by atoms with Gasteiger partial charge < -0.3 is 20.1 Å². The van der Waals surface area contributed by atoms with Crippen molar-refractivity contribution in [2.24, 2.45) is 10.7 Å². The van der Waals surface area contributed by atoms with E-state index in [0.29, 0.717) is 22.9 Å². The van der Waals surface area contributed by atoms with E-state index in [2.05, 4.69) is 15.0 Å². The van der Waals surface area contributed by atoms with E-state index < -0.39 is 11.5 Å². The normalized spacial score (nSPS) is 22.7. The molecule has 0 bridgehead atoms. The summed E-state index contributed by atoms with van der Waals surface area (Å²) in [6.45, 7) is 0.0465. The van der Waals surface area contributed by atoms with E-state index in [1.165, 1.54) is 0 Å². The molecule has 0 saturated carbocycles. The largest absolute Gasteiger partial charge is 0.462 e. The Hall–Kier alpha value is -3.75. The minimum atomic E-state index is -2.73. The Bertz CT molecular complexity index is 1250. The number of fused-ring (bicyclic) bond motifs is 4. The van der Waals surface area contributed by atoms with Gasteiger partial charge in [0.05, 0.1) is 12.7 Å². The Morgan fingerprint density at radius 2 is 1.91 bits per heavy atom. The number of alkyl halides is 2. The van der Waals surface area contributed by atoms with Crippen molar-refractivity contribution in [2.75, 3.05) is 24.6 Å². The Morgan fingerprint density at radius 3 is 2.62 bits per heavy atom. The summed E-state index contributed by atoms with van der Waals surface area (Å²) < 4.78 is 39.4. The predicted molar refractivity (Wildman–Crippen MR) is 114 cm³/mol. The van der Waals surface area contributed by atoms with Crippen LogP contribution in [0, 0.1) is 0 Å². The summed E-state index contributed by atoms with van der Waals surface area (Å²) in [5, 5.41) is 0. The predicted octanol–water partition coefficient (Wildman–Crippen LogP) is 3.68. The maximum Gasteiger partial charge on any atom is 0.283 e. The fourth-order valence-corrected chi connectivity index (χ4v) is 4.57. The van der Waals surface area contributed by atoms with Crippen molar-refractivity contribution in [3.05, 3.63) is 66.1 Å². The van der Waals surface area contributed by atoms with Crippen molar-refractivity contribution in [3.8, 4) is 22.6 Å². The van der Waals surface area contributed by atoms with Gasteiger partial charge in [-0.05, 0) is 29.8 Å². The molecule has 0 radical (unpaired) electrons. The highest BCUT2D eigenvalue weighted by Gasteiger charge is 2.48. The molecule has 3 aliphatic rings. The highest BCUT2D eigenvalue weighted by Crippen LogP contribution is 2.52. The topological polar surface area (TPSA) is 85.9 Å². The van der Waals surface area contributed by atoms with Crippen molar-refractivity contribution in [1.82, 2.24) is 9.97 Å². The molecule has 1 spiro atoms. The number of hydrogen-bond donors (Lipinski definition) is 1. The molecular formula is C23H19F2N5O2. The third-order valence-corrected chi connectivity index (χ3v) is 6.16. The number of benzene rings is 1. The molecule has 0 aliphatic carbocycles. The zero-order chi connectivity index (χ0) is 21.9. The first-order valence-electron chi connectivity index (χ1n) is 10.3. The van der Waals surface area contributed by atoms with Gasteiger partial charge in [0.1, 0.15) is 18.2 Å². The standard InChI is InChI=1S/C23H19F2N5O2/c24-22(25)5-7-30(12-22)20-9-17-19(11-28-20)32-18-4-3-14(15-2-1-6-27-10-15)8-16(18)23(17)13-31-21(26)29-23/h1-4,6,8-11H,5,7,12-13H2,(H2,26,29). The summed E-state index contributed by atoms with van der Waals surface area (Å²) in [4.78, 5) is 14.8. The first-order chi connectivity index (χ1) is 15.4. The average Bonchev–Trinajstić information content (AvgIpc) is 3.37. The van der Waals surface area contributed by atoms with Gasteiger partial charge in [0.15, 0.2) is 11.3 Å². The van der Waals surface area contributed by atoms with Crippen molar-refractivity contribution >= 4 is 11.8 Å². The molecule has 2 aromatic heterocycles. The molecule has 1 aromatic carbocycles. The van der Waals surface area contributed by atoms with Crippen LogP contribution in [0.2, 0.25) is 0 Å². The molecule has 5 heterocycles. The number of aliphatic imine (C=N–C) groups is 1. The minimum absolute atomic E-state index is 0.0710. The smallest absolute Gasteiger partial charge is 0.283 e. The maximum atomic E-state index is 13.8. The van der Waals surface area contributed by atoms with E-state index in [1.54, 1.807) is 29.6 Å². The average molecular weight is 435 g/mol. The van der Waals surface area contributed by atoms with Crippen LogP contribution in [0.25, 0.3) is 11.1 Å². The molecule has 9 heteroatoms. The molecule has 1 unspecified atom stereocenters. The van der Waals surface area contributed by atoms with Gasteiger partial charge in [0.2, 0.25) is 0 Å². The fraction of sp³-hybridized carbons (Fsp3) is 0.261. The summed E-state index contributed by atoms with van der Waals surface area (Å²) in [7, 11) is 0. The maximum absolute atomic E-state index is 13.8. The van der Waals surface area contributed by atoms with Gasteiger partial charge >= 0.3 is 0 Å². The Balaban J connectivity index is 1.50. The molecule has 3 aromatic rings. The van der Waals surface area contributed by atoms with E-state index in [-0.39, 0.29) is 32.1 Å². The second kappa shape index (κ2) is 6.62. The van der Waals surface area contributed by atoms with Gasteiger partial charge in [-0.2, -0.15) is 0 Å². The first-order valence-corrected chi connectivity index (χ1v) is 10.3. The van der Waals surface area contributed by atoms with Crippen LogP contribution < -0.4 is 15.4 Å². The highest BCUT2D eigenvalue weighted by molar-refractivity contribution is 5.78. The molecule has 162 valence electrons. The summed E-state index contributed by atoms with van der Waals surface area (Å²) in [5.41, 5.74) is 8.36. The summed E-state index contributed by atoms with van der Waals surface area (Å²) in [6.07, 6.45) is 4.86. The summed E-state index contributed by atoms with van der Waals surface area (Å²) in [5.74, 6) is -1.15. The number of anilines is 1. The van der Waals surface area contributed by atoms with Crippen molar-refractivity contribution in [3.63, 3.8) is 0 Å². The molecule has 1 saturated heterocycles. The van der Waals surface area contributed by atoms with E-state index >= 15 is 0 Å². The molecule has 3 aliphatic heterocycles. The number of nitrogens with zero attached hydrogens (tertiary/aromatic N) is 4. The Kier molecular flexibility index (Phi) is 3.93. The molecular weight excluding hydrogens is 416 g/mol. The number of hydrogen-bond acceptors (Lipinski definition) is 7. The number of ether oxygens (including phenoxy) is 2. The molecule has 1 fully saturated rings. The van der Waals surface area contributed by atoms with Gasteiger partial charge in [-0.15, -0.1) is 0 Å². The Labute approximate surface area is 182 Å². The minimum Gasteiger partial charge on any atom is -0.462 e. The lowest BCUT2D eigenvalue weighted by molar-refractivity contribution is 0.0256. The van der Waals surface area contributed by atoms with Gasteiger partial charge in [-0.3, -0.25) is 4.98 Å². The number of halogens is 2. The lowest BCUT2D eigenvalue weighted by Crippen LogP contribution is -2.32.